The first-order valence-electron chi connectivity index (χ1n) is 6.57. The second kappa shape index (κ2) is 7.01. The van der Waals surface area contributed by atoms with Crippen molar-refractivity contribution in [3.05, 3.63) is 21.7 Å². The lowest BCUT2D eigenvalue weighted by atomic mass is 9.85. The highest BCUT2D eigenvalue weighted by Gasteiger charge is 2.28. The molecule has 0 bridgehead atoms. The number of nitrogens with zero attached hydrogens (tertiary/aromatic N) is 1. The highest BCUT2D eigenvalue weighted by molar-refractivity contribution is 14.1. The van der Waals surface area contributed by atoms with E-state index in [0.29, 0.717) is 22.2 Å². The van der Waals surface area contributed by atoms with E-state index in [1.807, 2.05) is 22.6 Å². The number of halogens is 2. The van der Waals surface area contributed by atoms with Crippen molar-refractivity contribution in [2.45, 2.75) is 31.7 Å². The first-order chi connectivity index (χ1) is 9.95. The first-order valence-corrected chi connectivity index (χ1v) is 7.65. The topological polar surface area (TPSA) is 91.3 Å². The molecule has 0 aromatic carbocycles. The highest BCUT2D eigenvalue weighted by atomic mass is 127. The summed E-state index contributed by atoms with van der Waals surface area (Å²) in [5.74, 6) is -0.599. The lowest BCUT2D eigenvalue weighted by molar-refractivity contribution is -0.121. The van der Waals surface area contributed by atoms with Crippen molar-refractivity contribution in [3.8, 4) is 0 Å². The summed E-state index contributed by atoms with van der Waals surface area (Å²) in [5.41, 5.74) is 0. The summed E-state index contributed by atoms with van der Waals surface area (Å²) in [6.45, 7) is 0. The van der Waals surface area contributed by atoms with Gasteiger partial charge in [0.05, 0.1) is 9.77 Å². The van der Waals surface area contributed by atoms with Crippen LogP contribution in [0.3, 0.4) is 0 Å². The summed E-state index contributed by atoms with van der Waals surface area (Å²) in [4.78, 5) is 26.6. The summed E-state index contributed by atoms with van der Waals surface area (Å²) in [6.07, 6.45) is 2.70. The van der Waals surface area contributed by atoms with Crippen molar-refractivity contribution in [2.24, 2.45) is 5.92 Å². The van der Waals surface area contributed by atoms with Gasteiger partial charge in [-0.15, -0.1) is 0 Å². The van der Waals surface area contributed by atoms with Gasteiger partial charge in [0, 0.05) is 12.0 Å². The minimum Gasteiger partial charge on any atom is -0.465 e. The number of aromatic nitrogens is 1. The molecule has 0 aliphatic heterocycles. The molecule has 0 unspecified atom stereocenters. The maximum Gasteiger partial charge on any atom is 0.404 e. The van der Waals surface area contributed by atoms with Crippen molar-refractivity contribution in [2.75, 3.05) is 5.32 Å². The number of pyridine rings is 1. The molecule has 3 N–H and O–H groups in total. The van der Waals surface area contributed by atoms with Crippen molar-refractivity contribution in [1.29, 1.82) is 0 Å². The van der Waals surface area contributed by atoms with Gasteiger partial charge in [-0.2, -0.15) is 0 Å². The maximum absolute atomic E-state index is 13.1. The van der Waals surface area contributed by atoms with Gasteiger partial charge < -0.3 is 15.7 Å². The molecule has 0 radical (unpaired) electrons. The molecule has 2 atom stereocenters. The van der Waals surface area contributed by atoms with Crippen LogP contribution in [0.2, 0.25) is 0 Å². The average molecular weight is 407 g/mol. The zero-order chi connectivity index (χ0) is 15.4. The molecule has 1 fully saturated rings. The first kappa shape index (κ1) is 15.9. The Morgan fingerprint density at radius 3 is 2.86 bits per heavy atom. The molecule has 2 amide bonds. The van der Waals surface area contributed by atoms with Crippen LogP contribution in [-0.4, -0.2) is 28.1 Å². The van der Waals surface area contributed by atoms with Gasteiger partial charge in [-0.3, -0.25) is 4.79 Å². The zero-order valence-electron chi connectivity index (χ0n) is 11.1. The van der Waals surface area contributed by atoms with Gasteiger partial charge in [-0.25, -0.2) is 14.2 Å². The van der Waals surface area contributed by atoms with Gasteiger partial charge in [-0.05, 0) is 47.9 Å². The Hall–Kier alpha value is -1.45. The van der Waals surface area contributed by atoms with Crippen LogP contribution in [-0.2, 0) is 4.79 Å². The molecule has 2 rings (SSSR count). The largest absolute Gasteiger partial charge is 0.465 e. The number of hydrogen-bond donors (Lipinski definition) is 3. The molecule has 1 aliphatic carbocycles. The maximum atomic E-state index is 13.1. The van der Waals surface area contributed by atoms with Crippen LogP contribution < -0.4 is 10.6 Å². The predicted molar refractivity (Wildman–Crippen MR) is 82.4 cm³/mol. The molecule has 6 nitrogen and oxygen atoms in total. The number of hydrogen-bond acceptors (Lipinski definition) is 3. The smallest absolute Gasteiger partial charge is 0.404 e. The Morgan fingerprint density at radius 1 is 1.43 bits per heavy atom. The number of rotatable bonds is 3. The molecule has 1 saturated carbocycles. The summed E-state index contributed by atoms with van der Waals surface area (Å²) >= 11 is 1.83. The Bertz CT molecular complexity index is 555. The van der Waals surface area contributed by atoms with Crippen LogP contribution >= 0.6 is 22.6 Å². The van der Waals surface area contributed by atoms with Crippen molar-refractivity contribution < 1.29 is 19.1 Å². The van der Waals surface area contributed by atoms with Crippen molar-refractivity contribution in [1.82, 2.24) is 10.3 Å². The normalized spacial score (nSPS) is 21.6. The summed E-state index contributed by atoms with van der Waals surface area (Å²) in [6, 6.07) is 1.26. The van der Waals surface area contributed by atoms with Gasteiger partial charge in [0.15, 0.2) is 5.82 Å². The summed E-state index contributed by atoms with van der Waals surface area (Å²) in [7, 11) is 0. The molecule has 0 saturated heterocycles. The van der Waals surface area contributed by atoms with Crippen LogP contribution in [0.1, 0.15) is 25.7 Å². The molecular weight excluding hydrogens is 392 g/mol. The molecule has 8 heteroatoms. The van der Waals surface area contributed by atoms with Gasteiger partial charge >= 0.3 is 6.09 Å². The van der Waals surface area contributed by atoms with Crippen LogP contribution in [0.4, 0.5) is 15.0 Å². The second-order valence-corrected chi connectivity index (χ2v) is 6.15. The van der Waals surface area contributed by atoms with Crippen molar-refractivity contribution >= 4 is 40.4 Å². The Kier molecular flexibility index (Phi) is 5.32. The van der Waals surface area contributed by atoms with Gasteiger partial charge in [0.1, 0.15) is 5.82 Å². The fourth-order valence-corrected chi connectivity index (χ4v) is 2.88. The van der Waals surface area contributed by atoms with E-state index in [4.69, 9.17) is 5.11 Å². The lowest BCUT2D eigenvalue weighted by Gasteiger charge is -2.28. The number of amides is 2. The summed E-state index contributed by atoms with van der Waals surface area (Å²) in [5, 5.41) is 13.8. The van der Waals surface area contributed by atoms with Gasteiger partial charge in [0.2, 0.25) is 5.91 Å². The number of anilines is 1. The van der Waals surface area contributed by atoms with E-state index in [9.17, 15) is 14.0 Å². The number of nitrogens with one attached hydrogen (secondary N) is 2. The molecular formula is C13H15FIN3O3. The van der Waals surface area contributed by atoms with E-state index in [1.54, 1.807) is 0 Å². The molecule has 21 heavy (non-hydrogen) atoms. The van der Waals surface area contributed by atoms with E-state index in [2.05, 4.69) is 15.6 Å². The second-order valence-electron chi connectivity index (χ2n) is 4.98. The highest BCUT2D eigenvalue weighted by Crippen LogP contribution is 2.25. The Morgan fingerprint density at radius 2 is 2.19 bits per heavy atom. The zero-order valence-corrected chi connectivity index (χ0v) is 13.3. The monoisotopic (exact) mass is 407 g/mol. The van der Waals surface area contributed by atoms with Crippen LogP contribution in [0.25, 0.3) is 0 Å². The van der Waals surface area contributed by atoms with E-state index < -0.39 is 11.9 Å². The number of carbonyl (C=O) groups is 2. The van der Waals surface area contributed by atoms with E-state index in [-0.39, 0.29) is 17.9 Å². The molecule has 1 aromatic heterocycles. The predicted octanol–water partition coefficient (Wildman–Crippen LogP) is 2.59. The number of carbonyl (C=O) groups excluding carboxylic acids is 1. The van der Waals surface area contributed by atoms with Crippen LogP contribution in [0, 0.1) is 15.3 Å². The Labute approximate surface area is 134 Å². The minimum atomic E-state index is -1.07. The molecule has 1 aliphatic rings. The van der Waals surface area contributed by atoms with Gasteiger partial charge in [-0.1, -0.05) is 6.42 Å². The fraction of sp³-hybridized carbons (Fsp3) is 0.462. The van der Waals surface area contributed by atoms with Crippen molar-refractivity contribution in [3.63, 3.8) is 0 Å². The SMILES string of the molecule is O=C(O)N[C@@H]1CCC[C@H](C(=O)Nc2cc(I)c(F)cn2)C1. The minimum absolute atomic E-state index is 0.201. The molecule has 114 valence electrons. The molecule has 0 spiro atoms. The quantitative estimate of drug-likeness (QED) is 0.672. The third-order valence-corrected chi connectivity index (χ3v) is 4.26. The third-order valence-electron chi connectivity index (χ3n) is 3.43. The van der Waals surface area contributed by atoms with Crippen LogP contribution in [0.15, 0.2) is 12.3 Å². The third kappa shape index (κ3) is 4.51. The van der Waals surface area contributed by atoms with E-state index >= 15 is 0 Å². The average Bonchev–Trinajstić information content (AvgIpc) is 2.42. The van der Waals surface area contributed by atoms with Gasteiger partial charge in [0.25, 0.3) is 0 Å². The summed E-state index contributed by atoms with van der Waals surface area (Å²) < 4.78 is 13.5. The van der Waals surface area contributed by atoms with E-state index in [0.717, 1.165) is 19.0 Å². The van der Waals surface area contributed by atoms with E-state index in [1.165, 1.54) is 6.07 Å². The lowest BCUT2D eigenvalue weighted by Crippen LogP contribution is -2.40. The number of carboxylic acid groups (broad SMARTS) is 1. The molecule has 1 aromatic rings. The molecule has 1 heterocycles. The van der Waals surface area contributed by atoms with Crippen LogP contribution in [0.5, 0.6) is 0 Å². The standard InChI is InChI=1S/C13H15FIN3O3/c14-9-6-16-11(5-10(9)15)18-12(19)7-2-1-3-8(4-7)17-13(20)21/h5-8,17H,1-4H2,(H,20,21)(H,16,18,19)/t7-,8+/m0/s1. The fourth-order valence-electron chi connectivity index (χ4n) is 2.44. The Balaban J connectivity index is 1.96.